The van der Waals surface area contributed by atoms with E-state index in [4.69, 9.17) is 4.74 Å². The highest BCUT2D eigenvalue weighted by Gasteiger charge is 2.38. The number of rotatable bonds is 3. The maximum Gasteiger partial charge on any atom is 0.252 e. The van der Waals surface area contributed by atoms with Gasteiger partial charge < -0.3 is 15.2 Å². The molecule has 1 saturated heterocycles. The summed E-state index contributed by atoms with van der Waals surface area (Å²) in [5.41, 5.74) is -0.348. The fraction of sp³-hybridized carbons (Fsp3) is 0.667. The largest absolute Gasteiger partial charge is 0.381 e. The molecule has 1 aromatic heterocycles. The Morgan fingerprint density at radius 1 is 1.61 bits per heavy atom. The van der Waals surface area contributed by atoms with Gasteiger partial charge in [0.25, 0.3) is 5.91 Å². The molecule has 1 amide bonds. The number of aliphatic hydroxyl groups is 1. The van der Waals surface area contributed by atoms with E-state index in [1.54, 1.807) is 0 Å². The van der Waals surface area contributed by atoms with Gasteiger partial charge in [-0.05, 0) is 13.8 Å². The number of amides is 1. The van der Waals surface area contributed by atoms with E-state index in [2.05, 4.69) is 10.3 Å². The Morgan fingerprint density at radius 2 is 2.28 bits per heavy atom. The first kappa shape index (κ1) is 13.5. The van der Waals surface area contributed by atoms with Gasteiger partial charge in [-0.2, -0.15) is 0 Å². The number of carbonyl (C=O) groups is 1. The summed E-state index contributed by atoms with van der Waals surface area (Å²) in [6.07, 6.45) is 0.699. The number of thiazole rings is 1. The van der Waals surface area contributed by atoms with Crippen LogP contribution in [0.1, 0.15) is 36.5 Å². The molecule has 1 unspecified atom stereocenters. The minimum atomic E-state index is -1.29. The second-order valence-corrected chi connectivity index (χ2v) is 5.56. The Labute approximate surface area is 110 Å². The van der Waals surface area contributed by atoms with Crippen molar-refractivity contribution in [1.82, 2.24) is 10.3 Å². The van der Waals surface area contributed by atoms with Gasteiger partial charge in [-0.3, -0.25) is 4.79 Å². The van der Waals surface area contributed by atoms with Crippen LogP contribution in [0.5, 0.6) is 0 Å². The number of nitrogens with one attached hydrogen (secondary N) is 1. The van der Waals surface area contributed by atoms with Crippen LogP contribution in [0.15, 0.2) is 5.38 Å². The van der Waals surface area contributed by atoms with Crippen molar-refractivity contribution in [2.75, 3.05) is 13.2 Å². The van der Waals surface area contributed by atoms with Crippen LogP contribution in [0.25, 0.3) is 0 Å². The van der Waals surface area contributed by atoms with Crippen molar-refractivity contribution >= 4 is 17.2 Å². The Morgan fingerprint density at radius 3 is 2.83 bits per heavy atom. The van der Waals surface area contributed by atoms with E-state index >= 15 is 0 Å². The molecule has 1 aliphatic heterocycles. The minimum Gasteiger partial charge on any atom is -0.381 e. The fourth-order valence-electron chi connectivity index (χ4n) is 1.90. The van der Waals surface area contributed by atoms with Crippen molar-refractivity contribution in [1.29, 1.82) is 0 Å². The molecule has 2 N–H and O–H groups in total. The summed E-state index contributed by atoms with van der Waals surface area (Å²) in [5, 5.41) is 15.9. The number of ether oxygens (including phenoxy) is 1. The first-order valence-electron chi connectivity index (χ1n) is 6.04. The van der Waals surface area contributed by atoms with Crippen LogP contribution in [0.3, 0.4) is 0 Å². The SMILES string of the molecule is Cc1csc(C(C)NC(=O)C2(O)CCOCC2)n1. The molecule has 1 fully saturated rings. The van der Waals surface area contributed by atoms with Gasteiger partial charge in [0.2, 0.25) is 0 Å². The average Bonchev–Trinajstić information content (AvgIpc) is 2.77. The maximum absolute atomic E-state index is 12.1. The molecule has 0 aliphatic carbocycles. The molecule has 0 aromatic carbocycles. The van der Waals surface area contributed by atoms with Crippen molar-refractivity contribution in [3.8, 4) is 0 Å². The standard InChI is InChI=1S/C12H18N2O3S/c1-8-7-18-10(13-8)9(2)14-11(15)12(16)3-5-17-6-4-12/h7,9,16H,3-6H2,1-2H3,(H,14,15). The zero-order valence-electron chi connectivity index (χ0n) is 10.6. The number of nitrogens with zero attached hydrogens (tertiary/aromatic N) is 1. The van der Waals surface area contributed by atoms with E-state index < -0.39 is 5.60 Å². The smallest absolute Gasteiger partial charge is 0.252 e. The van der Waals surface area contributed by atoms with Crippen LogP contribution >= 0.6 is 11.3 Å². The molecule has 0 radical (unpaired) electrons. The molecule has 2 rings (SSSR count). The normalized spacial score (nSPS) is 20.4. The number of carbonyl (C=O) groups excluding carboxylic acids is 1. The highest BCUT2D eigenvalue weighted by Crippen LogP contribution is 2.23. The lowest BCUT2D eigenvalue weighted by Crippen LogP contribution is -2.50. The van der Waals surface area contributed by atoms with E-state index in [9.17, 15) is 9.90 Å². The molecule has 0 spiro atoms. The van der Waals surface area contributed by atoms with Crippen LogP contribution in [0.2, 0.25) is 0 Å². The molecule has 6 heteroatoms. The van der Waals surface area contributed by atoms with E-state index in [-0.39, 0.29) is 11.9 Å². The fourth-order valence-corrected chi connectivity index (χ4v) is 2.70. The van der Waals surface area contributed by atoms with Crippen molar-refractivity contribution in [3.05, 3.63) is 16.1 Å². The number of hydrogen-bond donors (Lipinski definition) is 2. The number of aryl methyl sites for hydroxylation is 1. The molecule has 18 heavy (non-hydrogen) atoms. The molecule has 0 saturated carbocycles. The quantitative estimate of drug-likeness (QED) is 0.865. The minimum absolute atomic E-state index is 0.178. The lowest BCUT2D eigenvalue weighted by molar-refractivity contribution is -0.150. The Hall–Kier alpha value is -0.980. The molecule has 0 bridgehead atoms. The molecular weight excluding hydrogens is 252 g/mol. The second kappa shape index (κ2) is 5.34. The average molecular weight is 270 g/mol. The van der Waals surface area contributed by atoms with Crippen molar-refractivity contribution in [2.45, 2.75) is 38.3 Å². The van der Waals surface area contributed by atoms with Crippen molar-refractivity contribution < 1.29 is 14.6 Å². The summed E-state index contributed by atoms with van der Waals surface area (Å²) in [7, 11) is 0. The molecule has 5 nitrogen and oxygen atoms in total. The first-order chi connectivity index (χ1) is 8.51. The monoisotopic (exact) mass is 270 g/mol. The van der Waals surface area contributed by atoms with E-state index in [1.807, 2.05) is 19.2 Å². The lowest BCUT2D eigenvalue weighted by Gasteiger charge is -2.31. The van der Waals surface area contributed by atoms with Gasteiger partial charge in [0.15, 0.2) is 0 Å². The van der Waals surface area contributed by atoms with Gasteiger partial charge in [-0.15, -0.1) is 11.3 Å². The van der Waals surface area contributed by atoms with Crippen molar-refractivity contribution in [2.24, 2.45) is 0 Å². The maximum atomic E-state index is 12.1. The van der Waals surface area contributed by atoms with Gasteiger partial charge in [-0.1, -0.05) is 0 Å². The zero-order chi connectivity index (χ0) is 13.2. The van der Waals surface area contributed by atoms with Gasteiger partial charge in [0.05, 0.1) is 6.04 Å². The third-order valence-corrected chi connectivity index (χ3v) is 4.24. The van der Waals surface area contributed by atoms with Crippen LogP contribution in [-0.2, 0) is 9.53 Å². The summed E-state index contributed by atoms with van der Waals surface area (Å²) in [4.78, 5) is 16.4. The predicted octanol–water partition coefficient (Wildman–Crippen LogP) is 1.17. The van der Waals surface area contributed by atoms with E-state index in [0.717, 1.165) is 10.7 Å². The summed E-state index contributed by atoms with van der Waals surface area (Å²) in [6.45, 7) is 4.64. The van der Waals surface area contributed by atoms with Crippen LogP contribution in [0.4, 0.5) is 0 Å². The first-order valence-corrected chi connectivity index (χ1v) is 6.92. The molecule has 2 heterocycles. The summed E-state index contributed by atoms with van der Waals surface area (Å²) < 4.78 is 5.16. The Kier molecular flexibility index (Phi) is 3.99. The van der Waals surface area contributed by atoms with Gasteiger partial charge in [0, 0.05) is 37.1 Å². The topological polar surface area (TPSA) is 71.5 Å². The van der Waals surface area contributed by atoms with Crippen LogP contribution < -0.4 is 5.32 Å². The predicted molar refractivity (Wildman–Crippen MR) is 68.4 cm³/mol. The van der Waals surface area contributed by atoms with Crippen LogP contribution in [0, 0.1) is 6.92 Å². The van der Waals surface area contributed by atoms with Gasteiger partial charge in [-0.25, -0.2) is 4.98 Å². The molecular formula is C12H18N2O3S. The Balaban J connectivity index is 1.98. The van der Waals surface area contributed by atoms with Crippen LogP contribution in [-0.4, -0.2) is 34.8 Å². The van der Waals surface area contributed by atoms with E-state index in [0.29, 0.717) is 26.1 Å². The highest BCUT2D eigenvalue weighted by atomic mass is 32.1. The molecule has 1 atom stereocenters. The lowest BCUT2D eigenvalue weighted by atomic mass is 9.93. The molecule has 100 valence electrons. The summed E-state index contributed by atoms with van der Waals surface area (Å²) in [6, 6.07) is -0.178. The van der Waals surface area contributed by atoms with Gasteiger partial charge in [0.1, 0.15) is 10.6 Å². The highest BCUT2D eigenvalue weighted by molar-refractivity contribution is 7.09. The van der Waals surface area contributed by atoms with Crippen molar-refractivity contribution in [3.63, 3.8) is 0 Å². The van der Waals surface area contributed by atoms with E-state index in [1.165, 1.54) is 11.3 Å². The zero-order valence-corrected chi connectivity index (χ0v) is 11.4. The summed E-state index contributed by atoms with van der Waals surface area (Å²) >= 11 is 1.51. The molecule has 1 aromatic rings. The second-order valence-electron chi connectivity index (χ2n) is 4.67. The number of hydrogen-bond acceptors (Lipinski definition) is 5. The number of aromatic nitrogens is 1. The third-order valence-electron chi connectivity index (χ3n) is 3.10. The third kappa shape index (κ3) is 2.88. The van der Waals surface area contributed by atoms with Gasteiger partial charge >= 0.3 is 0 Å². The molecule has 1 aliphatic rings. The Bertz CT molecular complexity index is 427. The summed E-state index contributed by atoms with van der Waals surface area (Å²) in [5.74, 6) is -0.328.